The monoisotopic (exact) mass is 308 g/mol. The second-order valence-corrected chi connectivity index (χ2v) is 7.52. The van der Waals surface area contributed by atoms with Crippen LogP contribution in [0, 0.1) is 5.41 Å². The van der Waals surface area contributed by atoms with Crippen molar-refractivity contribution in [3.8, 4) is 0 Å². The highest BCUT2D eigenvalue weighted by Gasteiger charge is 2.24. The van der Waals surface area contributed by atoms with E-state index in [2.05, 4.69) is 37.8 Å². The van der Waals surface area contributed by atoms with Gasteiger partial charge >= 0.3 is 0 Å². The Morgan fingerprint density at radius 1 is 1.29 bits per heavy atom. The van der Waals surface area contributed by atoms with E-state index in [1.54, 1.807) is 0 Å². The molecule has 2 nitrogen and oxygen atoms in total. The highest BCUT2D eigenvalue weighted by molar-refractivity contribution is 6.31. The van der Waals surface area contributed by atoms with Crippen molar-refractivity contribution >= 4 is 17.3 Å². The van der Waals surface area contributed by atoms with Crippen molar-refractivity contribution in [3.63, 3.8) is 0 Å². The van der Waals surface area contributed by atoms with Crippen LogP contribution in [0.5, 0.6) is 0 Å². The molecule has 0 amide bonds. The van der Waals surface area contributed by atoms with Crippen molar-refractivity contribution < 1.29 is 0 Å². The zero-order valence-electron chi connectivity index (χ0n) is 13.7. The van der Waals surface area contributed by atoms with Crippen LogP contribution in [-0.4, -0.2) is 19.1 Å². The maximum atomic E-state index is 6.46. The Hall–Kier alpha value is -0.730. The Bertz CT molecular complexity index is 470. The lowest BCUT2D eigenvalue weighted by Crippen LogP contribution is -2.28. The summed E-state index contributed by atoms with van der Waals surface area (Å²) in [6.07, 6.45) is 5.63. The molecular weight excluding hydrogens is 280 g/mol. The van der Waals surface area contributed by atoms with E-state index in [0.29, 0.717) is 5.41 Å². The van der Waals surface area contributed by atoms with Crippen LogP contribution in [0.25, 0.3) is 0 Å². The van der Waals surface area contributed by atoms with Gasteiger partial charge < -0.3 is 10.6 Å². The Morgan fingerprint density at radius 2 is 2.05 bits per heavy atom. The van der Waals surface area contributed by atoms with Crippen LogP contribution < -0.4 is 10.6 Å². The summed E-state index contributed by atoms with van der Waals surface area (Å²) in [5, 5.41) is 0.861. The lowest BCUT2D eigenvalue weighted by molar-refractivity contribution is 0.325. The number of nitrogens with zero attached hydrogens (tertiary/aromatic N) is 1. The topological polar surface area (TPSA) is 29.3 Å². The molecule has 1 heterocycles. The Balaban J connectivity index is 2.24. The van der Waals surface area contributed by atoms with Crippen molar-refractivity contribution in [3.05, 3.63) is 28.8 Å². The summed E-state index contributed by atoms with van der Waals surface area (Å²) in [6, 6.07) is 6.45. The number of benzene rings is 1. The summed E-state index contributed by atoms with van der Waals surface area (Å²) < 4.78 is 0. The Kier molecular flexibility index (Phi) is 5.56. The fraction of sp³-hybridized carbons (Fsp3) is 0.667. The molecule has 1 unspecified atom stereocenters. The van der Waals surface area contributed by atoms with Crippen molar-refractivity contribution in [2.24, 2.45) is 11.1 Å². The average Bonchev–Trinajstić information content (AvgIpc) is 2.62. The van der Waals surface area contributed by atoms with Crippen LogP contribution in [-0.2, 0) is 6.42 Å². The van der Waals surface area contributed by atoms with E-state index in [9.17, 15) is 0 Å². The fourth-order valence-corrected chi connectivity index (χ4v) is 3.36. The van der Waals surface area contributed by atoms with Crippen molar-refractivity contribution in [1.82, 2.24) is 0 Å². The normalized spacial score (nSPS) is 20.1. The molecule has 1 aromatic rings. The summed E-state index contributed by atoms with van der Waals surface area (Å²) in [7, 11) is 0. The highest BCUT2D eigenvalue weighted by atomic mass is 35.5. The second kappa shape index (κ2) is 7.02. The number of halogens is 1. The minimum atomic E-state index is 0.187. The smallest absolute Gasteiger partial charge is 0.0459 e. The minimum absolute atomic E-state index is 0.187. The average molecular weight is 309 g/mol. The van der Waals surface area contributed by atoms with E-state index in [1.807, 2.05) is 6.07 Å². The molecule has 2 N–H and O–H groups in total. The SMILES string of the molecule is CCC(N)Cc1c(Cl)cccc1N1CCCC(C)(C)CC1. The molecule has 3 heteroatoms. The summed E-state index contributed by atoms with van der Waals surface area (Å²) >= 11 is 6.46. The molecule has 1 aromatic carbocycles. The summed E-state index contributed by atoms with van der Waals surface area (Å²) in [4.78, 5) is 2.51. The maximum Gasteiger partial charge on any atom is 0.0459 e. The van der Waals surface area contributed by atoms with Gasteiger partial charge in [-0.25, -0.2) is 0 Å². The number of rotatable bonds is 4. The van der Waals surface area contributed by atoms with Gasteiger partial charge in [0.05, 0.1) is 0 Å². The number of nitrogens with two attached hydrogens (primary N) is 1. The van der Waals surface area contributed by atoms with Gasteiger partial charge in [0.25, 0.3) is 0 Å². The number of anilines is 1. The van der Waals surface area contributed by atoms with E-state index in [1.165, 1.54) is 30.5 Å². The van der Waals surface area contributed by atoms with Gasteiger partial charge in [-0.3, -0.25) is 0 Å². The van der Waals surface area contributed by atoms with Crippen molar-refractivity contribution in [2.75, 3.05) is 18.0 Å². The predicted molar refractivity (Wildman–Crippen MR) is 93.3 cm³/mol. The predicted octanol–water partition coefficient (Wildman–Crippen LogP) is 4.64. The first kappa shape index (κ1) is 16.6. The summed E-state index contributed by atoms with van der Waals surface area (Å²) in [6.45, 7) is 9.13. The number of hydrogen-bond donors (Lipinski definition) is 1. The quantitative estimate of drug-likeness (QED) is 0.878. The molecule has 0 bridgehead atoms. The van der Waals surface area contributed by atoms with Crippen LogP contribution in [0.1, 0.15) is 52.0 Å². The van der Waals surface area contributed by atoms with Gasteiger partial charge in [-0.15, -0.1) is 0 Å². The molecule has 1 aliphatic heterocycles. The second-order valence-electron chi connectivity index (χ2n) is 7.11. The van der Waals surface area contributed by atoms with Gasteiger partial charge in [-0.1, -0.05) is 38.4 Å². The molecule has 21 heavy (non-hydrogen) atoms. The zero-order valence-corrected chi connectivity index (χ0v) is 14.4. The first-order valence-corrected chi connectivity index (χ1v) is 8.58. The third-order valence-electron chi connectivity index (χ3n) is 4.77. The molecule has 0 spiro atoms. The minimum Gasteiger partial charge on any atom is -0.371 e. The molecule has 0 aliphatic carbocycles. The van der Waals surface area contributed by atoms with Crippen LogP contribution in [0.2, 0.25) is 5.02 Å². The van der Waals surface area contributed by atoms with Gasteiger partial charge in [0.15, 0.2) is 0 Å². The zero-order chi connectivity index (χ0) is 15.5. The van der Waals surface area contributed by atoms with E-state index in [4.69, 9.17) is 17.3 Å². The Morgan fingerprint density at radius 3 is 2.76 bits per heavy atom. The molecule has 0 saturated carbocycles. The van der Waals surface area contributed by atoms with Gasteiger partial charge in [-0.2, -0.15) is 0 Å². The molecule has 1 atom stereocenters. The van der Waals surface area contributed by atoms with Crippen molar-refractivity contribution in [1.29, 1.82) is 0 Å². The molecule has 118 valence electrons. The van der Waals surface area contributed by atoms with E-state index >= 15 is 0 Å². The third kappa shape index (κ3) is 4.37. The van der Waals surface area contributed by atoms with Gasteiger partial charge in [-0.05, 0) is 55.2 Å². The van der Waals surface area contributed by atoms with Crippen LogP contribution in [0.15, 0.2) is 18.2 Å². The van der Waals surface area contributed by atoms with Crippen LogP contribution in [0.3, 0.4) is 0 Å². The summed E-state index contributed by atoms with van der Waals surface area (Å²) in [5.41, 5.74) is 9.15. The standard InChI is InChI=1S/C18H29ClN2/c1-4-14(20)13-15-16(19)7-5-8-17(15)21-11-6-9-18(2,3)10-12-21/h5,7-8,14H,4,6,9-13,20H2,1-3H3. The molecule has 1 saturated heterocycles. The van der Waals surface area contributed by atoms with Crippen LogP contribution >= 0.6 is 11.6 Å². The van der Waals surface area contributed by atoms with Gasteiger partial charge in [0.1, 0.15) is 0 Å². The highest BCUT2D eigenvalue weighted by Crippen LogP contribution is 2.35. The Labute approximate surface area is 134 Å². The molecule has 2 rings (SSSR count). The first-order chi connectivity index (χ1) is 9.93. The maximum absolute atomic E-state index is 6.46. The number of hydrogen-bond acceptors (Lipinski definition) is 2. The molecule has 1 fully saturated rings. The van der Waals surface area contributed by atoms with E-state index in [-0.39, 0.29) is 6.04 Å². The molecule has 1 aliphatic rings. The van der Waals surface area contributed by atoms with E-state index < -0.39 is 0 Å². The fourth-order valence-electron chi connectivity index (χ4n) is 3.12. The molecular formula is C18H29ClN2. The lowest BCUT2D eigenvalue weighted by atomic mass is 9.85. The van der Waals surface area contributed by atoms with Gasteiger partial charge in [0, 0.05) is 29.8 Å². The third-order valence-corrected chi connectivity index (χ3v) is 5.12. The molecule has 0 aromatic heterocycles. The molecule has 0 radical (unpaired) electrons. The van der Waals surface area contributed by atoms with E-state index in [0.717, 1.165) is 31.0 Å². The first-order valence-electron chi connectivity index (χ1n) is 8.21. The van der Waals surface area contributed by atoms with Crippen LogP contribution in [0.4, 0.5) is 5.69 Å². The van der Waals surface area contributed by atoms with Crippen molar-refractivity contribution in [2.45, 2.75) is 58.9 Å². The lowest BCUT2D eigenvalue weighted by Gasteiger charge is -2.28. The van der Waals surface area contributed by atoms with Gasteiger partial charge in [0.2, 0.25) is 0 Å². The largest absolute Gasteiger partial charge is 0.371 e. The summed E-state index contributed by atoms with van der Waals surface area (Å²) in [5.74, 6) is 0.